The monoisotopic (exact) mass is 598 g/mol. The first kappa shape index (κ1) is 29.5. The van der Waals surface area contributed by atoms with Crippen LogP contribution in [0.25, 0.3) is 6.08 Å². The molecule has 0 bridgehead atoms. The Hall–Kier alpha value is -5.03. The molecule has 4 aromatic rings. The zero-order valence-corrected chi connectivity index (χ0v) is 25.0. The van der Waals surface area contributed by atoms with Crippen molar-refractivity contribution >= 4 is 34.8 Å². The highest BCUT2D eigenvalue weighted by molar-refractivity contribution is 7.07. The van der Waals surface area contributed by atoms with Crippen LogP contribution < -0.4 is 24.5 Å². The molecule has 1 atom stereocenters. The van der Waals surface area contributed by atoms with Gasteiger partial charge in [-0.1, -0.05) is 35.6 Å². The average Bonchev–Trinajstić information content (AvgIpc) is 3.29. The van der Waals surface area contributed by atoms with Crippen LogP contribution >= 0.6 is 11.3 Å². The van der Waals surface area contributed by atoms with E-state index in [1.807, 2.05) is 61.5 Å². The largest absolute Gasteiger partial charge is 0.489 e. The van der Waals surface area contributed by atoms with E-state index in [-0.39, 0.29) is 24.5 Å². The molecule has 0 amide bonds. The summed E-state index contributed by atoms with van der Waals surface area (Å²) in [6.07, 6.45) is 1.78. The summed E-state index contributed by atoms with van der Waals surface area (Å²) < 4.78 is 13.3. The van der Waals surface area contributed by atoms with Gasteiger partial charge in [0.05, 0.1) is 33.4 Å². The van der Waals surface area contributed by atoms with Crippen molar-refractivity contribution in [2.45, 2.75) is 26.5 Å². The van der Waals surface area contributed by atoms with Crippen LogP contribution in [0, 0.1) is 10.1 Å². The van der Waals surface area contributed by atoms with Crippen molar-refractivity contribution in [3.63, 3.8) is 0 Å². The highest BCUT2D eigenvalue weighted by Crippen LogP contribution is 2.31. The van der Waals surface area contributed by atoms with E-state index in [0.717, 1.165) is 22.4 Å². The van der Waals surface area contributed by atoms with E-state index in [4.69, 9.17) is 9.47 Å². The third kappa shape index (κ3) is 6.26. The molecular weight excluding hydrogens is 568 g/mol. The minimum atomic E-state index is -0.690. The smallest absolute Gasteiger partial charge is 0.338 e. The van der Waals surface area contributed by atoms with Crippen molar-refractivity contribution in [1.82, 2.24) is 4.57 Å². The topological polar surface area (TPSA) is 116 Å². The Kier molecular flexibility index (Phi) is 8.53. The Bertz CT molecular complexity index is 1890. The van der Waals surface area contributed by atoms with Gasteiger partial charge in [0.15, 0.2) is 4.80 Å². The molecule has 1 aliphatic heterocycles. The molecule has 1 aromatic heterocycles. The maximum absolute atomic E-state index is 13.9. The van der Waals surface area contributed by atoms with Gasteiger partial charge in [-0.3, -0.25) is 19.5 Å². The van der Waals surface area contributed by atoms with Crippen LogP contribution in [0.1, 0.15) is 36.6 Å². The second kappa shape index (κ2) is 12.5. The molecule has 10 nitrogen and oxygen atoms in total. The van der Waals surface area contributed by atoms with Crippen LogP contribution in [0.5, 0.6) is 5.75 Å². The van der Waals surface area contributed by atoms with E-state index in [0.29, 0.717) is 26.4 Å². The van der Waals surface area contributed by atoms with Gasteiger partial charge in [0.25, 0.3) is 11.2 Å². The third-order valence-electron chi connectivity index (χ3n) is 6.95. The van der Waals surface area contributed by atoms with Crippen LogP contribution in [0.4, 0.5) is 11.4 Å². The summed E-state index contributed by atoms with van der Waals surface area (Å²) >= 11 is 1.25. The number of rotatable bonds is 9. The number of anilines is 1. The first-order valence-corrected chi connectivity index (χ1v) is 14.4. The number of non-ortho nitro benzene ring substituents is 1. The fourth-order valence-corrected chi connectivity index (χ4v) is 5.83. The molecule has 0 radical (unpaired) electrons. The van der Waals surface area contributed by atoms with Crippen molar-refractivity contribution in [3.8, 4) is 5.75 Å². The van der Waals surface area contributed by atoms with Crippen molar-refractivity contribution in [1.29, 1.82) is 0 Å². The van der Waals surface area contributed by atoms with Crippen molar-refractivity contribution in [2.24, 2.45) is 4.99 Å². The number of fused-ring (bicyclic) bond motifs is 1. The molecule has 43 heavy (non-hydrogen) atoms. The molecule has 0 spiro atoms. The van der Waals surface area contributed by atoms with Gasteiger partial charge in [0.1, 0.15) is 12.4 Å². The SMILES string of the molecule is CCOC(=O)C1=C(C)N=c2s/c(=C\c3cccc(OCc4ccc([N+](=O)[O-])cc4)c3)c(=O)n2[C@@H]1c1ccc(N(C)C)cc1. The first-order chi connectivity index (χ1) is 20.7. The number of hydrogen-bond donors (Lipinski definition) is 0. The van der Waals surface area contributed by atoms with Gasteiger partial charge in [-0.05, 0) is 73.0 Å². The molecular formula is C32H30N4O6S. The molecule has 0 saturated carbocycles. The molecule has 3 aromatic carbocycles. The number of nitro benzene ring substituents is 1. The molecule has 0 unspecified atom stereocenters. The fraction of sp³-hybridized carbons (Fsp3) is 0.219. The Morgan fingerprint density at radius 2 is 1.84 bits per heavy atom. The van der Waals surface area contributed by atoms with E-state index >= 15 is 0 Å². The fourth-order valence-electron chi connectivity index (χ4n) is 4.79. The minimum absolute atomic E-state index is 0.0181. The summed E-state index contributed by atoms with van der Waals surface area (Å²) in [6.45, 7) is 3.94. The molecule has 0 saturated heterocycles. The quantitative estimate of drug-likeness (QED) is 0.160. The van der Waals surface area contributed by atoms with Gasteiger partial charge < -0.3 is 14.4 Å². The molecule has 220 valence electrons. The number of allylic oxidation sites excluding steroid dienone is 1. The number of nitro groups is 1. The zero-order valence-electron chi connectivity index (χ0n) is 24.1. The van der Waals surface area contributed by atoms with E-state index in [1.54, 1.807) is 42.7 Å². The summed E-state index contributed by atoms with van der Waals surface area (Å²) in [5, 5.41) is 10.9. The van der Waals surface area contributed by atoms with Crippen molar-refractivity contribution < 1.29 is 19.2 Å². The van der Waals surface area contributed by atoms with Crippen molar-refractivity contribution in [3.05, 3.63) is 131 Å². The number of carbonyl (C=O) groups excluding carboxylic acids is 1. The molecule has 11 heteroatoms. The zero-order chi connectivity index (χ0) is 30.7. The number of thiazole rings is 1. The van der Waals surface area contributed by atoms with Gasteiger partial charge in [-0.25, -0.2) is 9.79 Å². The lowest BCUT2D eigenvalue weighted by atomic mass is 9.95. The van der Waals surface area contributed by atoms with Crippen LogP contribution in [0.15, 0.2) is 93.9 Å². The van der Waals surface area contributed by atoms with Crippen LogP contribution in [-0.2, 0) is 16.1 Å². The maximum atomic E-state index is 13.9. The third-order valence-corrected chi connectivity index (χ3v) is 7.93. The standard InChI is InChI=1S/C32H30N4O6S/c1-5-41-31(38)28-20(2)33-32-35(29(28)23-11-15-24(16-12-23)34(3)4)30(37)27(43-32)18-22-7-6-8-26(17-22)42-19-21-9-13-25(14-10-21)36(39)40/h6-18,29H,5,19H2,1-4H3/b27-18-/t29-/m1/s1. The summed E-state index contributed by atoms with van der Waals surface area (Å²) in [5.41, 5.74) is 3.90. The average molecular weight is 599 g/mol. The number of esters is 1. The molecule has 1 aliphatic rings. The second-order valence-electron chi connectivity index (χ2n) is 10.1. The lowest BCUT2D eigenvalue weighted by molar-refractivity contribution is -0.384. The lowest BCUT2D eigenvalue weighted by Crippen LogP contribution is -2.39. The summed E-state index contributed by atoms with van der Waals surface area (Å²) in [4.78, 5) is 44.6. The van der Waals surface area contributed by atoms with Gasteiger partial charge in [-0.15, -0.1) is 0 Å². The number of nitrogens with zero attached hydrogens (tertiary/aromatic N) is 4. The number of benzene rings is 3. The predicted octanol–water partition coefficient (Wildman–Crippen LogP) is 4.35. The molecule has 2 heterocycles. The first-order valence-electron chi connectivity index (χ1n) is 13.6. The van der Waals surface area contributed by atoms with E-state index < -0.39 is 16.9 Å². The number of ether oxygens (including phenoxy) is 2. The van der Waals surface area contributed by atoms with E-state index in [1.165, 1.54) is 23.5 Å². The van der Waals surface area contributed by atoms with Gasteiger partial charge >= 0.3 is 5.97 Å². The number of aromatic nitrogens is 1. The lowest BCUT2D eigenvalue weighted by Gasteiger charge is -2.25. The Morgan fingerprint density at radius 1 is 1.12 bits per heavy atom. The molecule has 5 rings (SSSR count). The van der Waals surface area contributed by atoms with Crippen LogP contribution in [0.2, 0.25) is 0 Å². The van der Waals surface area contributed by atoms with Gasteiger partial charge in [0, 0.05) is 31.9 Å². The second-order valence-corrected chi connectivity index (χ2v) is 11.1. The Balaban J connectivity index is 1.50. The molecule has 0 N–H and O–H groups in total. The van der Waals surface area contributed by atoms with Crippen LogP contribution in [-0.4, -0.2) is 36.2 Å². The summed E-state index contributed by atoms with van der Waals surface area (Å²) in [7, 11) is 3.89. The van der Waals surface area contributed by atoms with E-state index in [2.05, 4.69) is 4.99 Å². The van der Waals surface area contributed by atoms with Gasteiger partial charge in [-0.2, -0.15) is 0 Å². The molecule has 0 aliphatic carbocycles. The summed E-state index contributed by atoms with van der Waals surface area (Å²) in [5.74, 6) is 0.0803. The normalized spacial score (nSPS) is 14.6. The van der Waals surface area contributed by atoms with Crippen LogP contribution in [0.3, 0.4) is 0 Å². The highest BCUT2D eigenvalue weighted by Gasteiger charge is 2.33. The summed E-state index contributed by atoms with van der Waals surface area (Å²) in [6, 6.07) is 20.5. The minimum Gasteiger partial charge on any atom is -0.489 e. The number of hydrogen-bond acceptors (Lipinski definition) is 9. The van der Waals surface area contributed by atoms with Crippen molar-refractivity contribution in [2.75, 3.05) is 25.6 Å². The highest BCUT2D eigenvalue weighted by atomic mass is 32.1. The van der Waals surface area contributed by atoms with E-state index in [9.17, 15) is 19.7 Å². The number of carbonyl (C=O) groups is 1. The Labute approximate surface area is 251 Å². The maximum Gasteiger partial charge on any atom is 0.338 e. The Morgan fingerprint density at radius 3 is 2.49 bits per heavy atom. The predicted molar refractivity (Wildman–Crippen MR) is 165 cm³/mol. The molecule has 0 fully saturated rings. The van der Waals surface area contributed by atoms with Gasteiger partial charge in [0.2, 0.25) is 0 Å².